The van der Waals surface area contributed by atoms with Gasteiger partial charge in [-0.25, -0.2) is 0 Å². The third kappa shape index (κ3) is 6.05. The first-order valence-electron chi connectivity index (χ1n) is 6.88. The minimum atomic E-state index is 0.0381. The van der Waals surface area contributed by atoms with E-state index in [2.05, 4.69) is 44.1 Å². The summed E-state index contributed by atoms with van der Waals surface area (Å²) in [6, 6.07) is 3.64. The highest BCUT2D eigenvalue weighted by molar-refractivity contribution is 4.96. The van der Waals surface area contributed by atoms with E-state index in [1.165, 1.54) is 19.3 Å². The average Bonchev–Trinajstić information content (AvgIpc) is 3.06. The molecule has 0 spiro atoms. The van der Waals surface area contributed by atoms with Gasteiger partial charge in [0.05, 0.1) is 12.1 Å². The maximum Gasteiger partial charge on any atom is 0.0967 e. The molecule has 0 aromatic heterocycles. The summed E-state index contributed by atoms with van der Waals surface area (Å²) in [7, 11) is 2.17. The Kier molecular flexibility index (Phi) is 5.94. The van der Waals surface area contributed by atoms with Crippen LogP contribution < -0.4 is 5.32 Å². The molecule has 0 radical (unpaired) electrons. The Morgan fingerprint density at radius 3 is 2.47 bits per heavy atom. The third-order valence-electron chi connectivity index (χ3n) is 3.51. The summed E-state index contributed by atoms with van der Waals surface area (Å²) >= 11 is 0. The molecule has 98 valence electrons. The molecular formula is C14H27N3. The maximum absolute atomic E-state index is 9.07. The van der Waals surface area contributed by atoms with Crippen LogP contribution in [0.15, 0.2) is 0 Å². The summed E-state index contributed by atoms with van der Waals surface area (Å²) in [4.78, 5) is 2.37. The molecule has 0 saturated heterocycles. The van der Waals surface area contributed by atoms with E-state index in [1.807, 2.05) is 0 Å². The molecule has 0 aromatic carbocycles. The van der Waals surface area contributed by atoms with Gasteiger partial charge in [0.2, 0.25) is 0 Å². The van der Waals surface area contributed by atoms with Gasteiger partial charge < -0.3 is 4.90 Å². The van der Waals surface area contributed by atoms with E-state index in [0.717, 1.165) is 18.9 Å². The van der Waals surface area contributed by atoms with Crippen molar-refractivity contribution >= 4 is 0 Å². The van der Waals surface area contributed by atoms with Gasteiger partial charge in [0.25, 0.3) is 0 Å². The van der Waals surface area contributed by atoms with E-state index < -0.39 is 0 Å². The highest BCUT2D eigenvalue weighted by Crippen LogP contribution is 2.20. The minimum absolute atomic E-state index is 0.0381. The Balaban J connectivity index is 2.20. The zero-order valence-electron chi connectivity index (χ0n) is 11.7. The van der Waals surface area contributed by atoms with Crippen molar-refractivity contribution in [3.8, 4) is 6.07 Å². The maximum atomic E-state index is 9.07. The van der Waals surface area contributed by atoms with Gasteiger partial charge in [0.1, 0.15) is 0 Å². The van der Waals surface area contributed by atoms with Crippen molar-refractivity contribution < 1.29 is 0 Å². The summed E-state index contributed by atoms with van der Waals surface area (Å²) < 4.78 is 0. The second-order valence-corrected chi connectivity index (χ2v) is 5.87. The van der Waals surface area contributed by atoms with Crippen molar-refractivity contribution in [1.29, 1.82) is 5.26 Å². The Hall–Kier alpha value is -0.590. The van der Waals surface area contributed by atoms with Crippen LogP contribution in [0.4, 0.5) is 0 Å². The predicted octanol–water partition coefficient (Wildman–Crippen LogP) is 2.39. The quantitative estimate of drug-likeness (QED) is 0.704. The molecule has 2 unspecified atom stereocenters. The standard InChI is InChI=1S/C14H27N3/c1-11(2)9-12(3)17(4)8-7-14(10-15)16-13-5-6-13/h11-14,16H,5-9H2,1-4H3. The molecular weight excluding hydrogens is 210 g/mol. The first-order chi connectivity index (χ1) is 8.02. The predicted molar refractivity (Wildman–Crippen MR) is 71.7 cm³/mol. The molecule has 1 N–H and O–H groups in total. The molecule has 0 aliphatic heterocycles. The lowest BCUT2D eigenvalue weighted by molar-refractivity contribution is 0.221. The van der Waals surface area contributed by atoms with Gasteiger partial charge in [0, 0.05) is 18.6 Å². The number of rotatable bonds is 8. The molecule has 2 atom stereocenters. The molecule has 1 aliphatic carbocycles. The van der Waals surface area contributed by atoms with E-state index in [0.29, 0.717) is 12.1 Å². The van der Waals surface area contributed by atoms with E-state index in [1.54, 1.807) is 0 Å². The molecule has 3 nitrogen and oxygen atoms in total. The second kappa shape index (κ2) is 6.98. The number of nitriles is 1. The fourth-order valence-electron chi connectivity index (χ4n) is 2.13. The lowest BCUT2D eigenvalue weighted by atomic mass is 10.0. The zero-order chi connectivity index (χ0) is 12.8. The summed E-state index contributed by atoms with van der Waals surface area (Å²) in [6.45, 7) is 7.80. The molecule has 1 fully saturated rings. The number of hydrogen-bond acceptors (Lipinski definition) is 3. The minimum Gasteiger partial charge on any atom is -0.304 e. The molecule has 0 amide bonds. The van der Waals surface area contributed by atoms with Crippen LogP contribution in [0.2, 0.25) is 0 Å². The monoisotopic (exact) mass is 237 g/mol. The Morgan fingerprint density at radius 1 is 1.35 bits per heavy atom. The van der Waals surface area contributed by atoms with Crippen molar-refractivity contribution in [1.82, 2.24) is 10.2 Å². The van der Waals surface area contributed by atoms with Gasteiger partial charge >= 0.3 is 0 Å². The van der Waals surface area contributed by atoms with Crippen LogP contribution in [0.5, 0.6) is 0 Å². The van der Waals surface area contributed by atoms with Crippen molar-refractivity contribution in [2.24, 2.45) is 5.92 Å². The zero-order valence-corrected chi connectivity index (χ0v) is 11.7. The van der Waals surface area contributed by atoms with E-state index in [9.17, 15) is 0 Å². The summed E-state index contributed by atoms with van der Waals surface area (Å²) in [6.07, 6.45) is 4.66. The summed E-state index contributed by atoms with van der Waals surface area (Å²) in [5, 5.41) is 12.5. The van der Waals surface area contributed by atoms with Gasteiger partial charge in [-0.3, -0.25) is 5.32 Å². The Morgan fingerprint density at radius 2 is 2.00 bits per heavy atom. The Labute approximate surface area is 106 Å². The molecule has 0 heterocycles. The van der Waals surface area contributed by atoms with Gasteiger partial charge in [-0.05, 0) is 45.6 Å². The van der Waals surface area contributed by atoms with Crippen molar-refractivity contribution in [2.45, 2.75) is 64.6 Å². The SMILES string of the molecule is CC(C)CC(C)N(C)CCC(C#N)NC1CC1. The number of nitrogens with one attached hydrogen (secondary N) is 1. The fraction of sp³-hybridized carbons (Fsp3) is 0.929. The normalized spacial score (nSPS) is 19.4. The van der Waals surface area contributed by atoms with Crippen LogP contribution in [0.1, 0.15) is 46.5 Å². The first kappa shape index (κ1) is 14.5. The fourth-order valence-corrected chi connectivity index (χ4v) is 2.13. The first-order valence-corrected chi connectivity index (χ1v) is 6.88. The number of nitrogens with zero attached hydrogens (tertiary/aromatic N) is 2. The van der Waals surface area contributed by atoms with E-state index in [4.69, 9.17) is 5.26 Å². The summed E-state index contributed by atoms with van der Waals surface area (Å²) in [5.41, 5.74) is 0. The van der Waals surface area contributed by atoms with Gasteiger partial charge in [-0.1, -0.05) is 13.8 Å². The number of hydrogen-bond donors (Lipinski definition) is 1. The van der Waals surface area contributed by atoms with E-state index >= 15 is 0 Å². The van der Waals surface area contributed by atoms with Crippen LogP contribution >= 0.6 is 0 Å². The topological polar surface area (TPSA) is 39.1 Å². The Bertz CT molecular complexity index is 253. The van der Waals surface area contributed by atoms with Crippen molar-refractivity contribution in [2.75, 3.05) is 13.6 Å². The lowest BCUT2D eigenvalue weighted by Gasteiger charge is -2.27. The van der Waals surface area contributed by atoms with Gasteiger partial charge in [-0.2, -0.15) is 5.26 Å². The second-order valence-electron chi connectivity index (χ2n) is 5.87. The summed E-state index contributed by atoms with van der Waals surface area (Å²) in [5.74, 6) is 0.740. The molecule has 1 rings (SSSR count). The molecule has 1 saturated carbocycles. The van der Waals surface area contributed by atoms with Gasteiger partial charge in [0.15, 0.2) is 0 Å². The smallest absolute Gasteiger partial charge is 0.0967 e. The van der Waals surface area contributed by atoms with Crippen LogP contribution in [0.3, 0.4) is 0 Å². The van der Waals surface area contributed by atoms with Crippen LogP contribution in [0, 0.1) is 17.2 Å². The van der Waals surface area contributed by atoms with E-state index in [-0.39, 0.29) is 6.04 Å². The molecule has 17 heavy (non-hydrogen) atoms. The largest absolute Gasteiger partial charge is 0.304 e. The average molecular weight is 237 g/mol. The van der Waals surface area contributed by atoms with Gasteiger partial charge in [-0.15, -0.1) is 0 Å². The molecule has 1 aliphatic rings. The molecule has 3 heteroatoms. The van der Waals surface area contributed by atoms with Crippen molar-refractivity contribution in [3.63, 3.8) is 0 Å². The van der Waals surface area contributed by atoms with Crippen LogP contribution in [0.25, 0.3) is 0 Å². The third-order valence-corrected chi connectivity index (χ3v) is 3.51. The lowest BCUT2D eigenvalue weighted by Crippen LogP contribution is -2.36. The van der Waals surface area contributed by atoms with Crippen LogP contribution in [-0.4, -0.2) is 36.6 Å². The highest BCUT2D eigenvalue weighted by Gasteiger charge is 2.24. The van der Waals surface area contributed by atoms with Crippen LogP contribution in [-0.2, 0) is 0 Å². The molecule has 0 bridgehead atoms. The highest BCUT2D eigenvalue weighted by atomic mass is 15.1. The van der Waals surface area contributed by atoms with Crippen molar-refractivity contribution in [3.05, 3.63) is 0 Å². The molecule has 0 aromatic rings.